The number of halogens is 1. The third-order valence-electron chi connectivity index (χ3n) is 4.03. The van der Waals surface area contributed by atoms with Gasteiger partial charge in [0.25, 0.3) is 0 Å². The van der Waals surface area contributed by atoms with Crippen molar-refractivity contribution in [1.29, 1.82) is 0 Å². The summed E-state index contributed by atoms with van der Waals surface area (Å²) in [5.74, 6) is -1.05. The number of carbonyl (C=O) groups is 2. The van der Waals surface area contributed by atoms with E-state index >= 15 is 0 Å². The van der Waals surface area contributed by atoms with Gasteiger partial charge in [-0.2, -0.15) is 0 Å². The number of ether oxygens (including phenoxy) is 1. The topological polar surface area (TPSA) is 67.4 Å². The Morgan fingerprint density at radius 3 is 2.27 bits per heavy atom. The minimum absolute atomic E-state index is 0.138. The van der Waals surface area contributed by atoms with Gasteiger partial charge in [-0.05, 0) is 29.7 Å². The number of hydrogen-bond donors (Lipinski definition) is 2. The van der Waals surface area contributed by atoms with Crippen LogP contribution in [0.2, 0.25) is 5.02 Å². The number of benzene rings is 2. The molecule has 0 radical (unpaired) electrons. The average Bonchev–Trinajstić information content (AvgIpc) is 2.63. The SMILES string of the molecule is COC(CNC(=O)C(=O)Nc1ccc(C(C)C)cc1)c1ccccc1Cl. The maximum Gasteiger partial charge on any atom is 0.313 e. The van der Waals surface area contributed by atoms with Crippen molar-refractivity contribution in [2.75, 3.05) is 19.0 Å². The molecular weight excluding hydrogens is 352 g/mol. The normalized spacial score (nSPS) is 11.9. The first kappa shape index (κ1) is 19.9. The fourth-order valence-electron chi connectivity index (χ4n) is 2.46. The van der Waals surface area contributed by atoms with E-state index < -0.39 is 17.9 Å². The first-order valence-corrected chi connectivity index (χ1v) is 8.76. The van der Waals surface area contributed by atoms with Gasteiger partial charge in [0, 0.05) is 29.9 Å². The predicted octanol–water partition coefficient (Wildman–Crippen LogP) is 3.91. The molecule has 0 fully saturated rings. The molecule has 0 aliphatic carbocycles. The van der Waals surface area contributed by atoms with E-state index in [0.717, 1.165) is 11.1 Å². The van der Waals surface area contributed by atoms with Crippen LogP contribution in [0.5, 0.6) is 0 Å². The fraction of sp³-hybridized carbons (Fsp3) is 0.300. The summed E-state index contributed by atoms with van der Waals surface area (Å²) in [6.45, 7) is 4.32. The van der Waals surface area contributed by atoms with Crippen molar-refractivity contribution >= 4 is 29.1 Å². The van der Waals surface area contributed by atoms with E-state index in [1.807, 2.05) is 30.3 Å². The lowest BCUT2D eigenvalue weighted by Gasteiger charge is -2.17. The second-order valence-electron chi connectivity index (χ2n) is 6.19. The molecule has 0 saturated heterocycles. The first-order chi connectivity index (χ1) is 12.4. The zero-order chi connectivity index (χ0) is 19.1. The van der Waals surface area contributed by atoms with Crippen LogP contribution in [0.3, 0.4) is 0 Å². The molecule has 2 aromatic rings. The average molecular weight is 375 g/mol. The molecule has 5 nitrogen and oxygen atoms in total. The third-order valence-corrected chi connectivity index (χ3v) is 4.37. The molecule has 0 aliphatic heterocycles. The summed E-state index contributed by atoms with van der Waals surface area (Å²) in [4.78, 5) is 24.1. The maximum absolute atomic E-state index is 12.0. The Balaban J connectivity index is 1.92. The number of nitrogens with one attached hydrogen (secondary N) is 2. The van der Waals surface area contributed by atoms with Gasteiger partial charge in [0.15, 0.2) is 0 Å². The molecule has 1 unspecified atom stereocenters. The molecule has 1 atom stereocenters. The van der Waals surface area contributed by atoms with Gasteiger partial charge in [0.05, 0.1) is 0 Å². The lowest BCUT2D eigenvalue weighted by molar-refractivity contribution is -0.136. The summed E-state index contributed by atoms with van der Waals surface area (Å²) in [5, 5.41) is 5.70. The highest BCUT2D eigenvalue weighted by Gasteiger charge is 2.18. The second-order valence-corrected chi connectivity index (χ2v) is 6.59. The van der Waals surface area contributed by atoms with Crippen LogP contribution in [-0.2, 0) is 14.3 Å². The molecule has 2 aromatic carbocycles. The maximum atomic E-state index is 12.0. The highest BCUT2D eigenvalue weighted by Crippen LogP contribution is 2.24. The molecule has 0 aliphatic rings. The summed E-state index contributed by atoms with van der Waals surface area (Å²) in [6.07, 6.45) is -0.439. The summed E-state index contributed by atoms with van der Waals surface area (Å²) in [7, 11) is 1.52. The summed E-state index contributed by atoms with van der Waals surface area (Å²) >= 11 is 6.15. The van der Waals surface area contributed by atoms with E-state index in [1.165, 1.54) is 7.11 Å². The van der Waals surface area contributed by atoms with E-state index in [2.05, 4.69) is 24.5 Å². The number of rotatable bonds is 6. The minimum Gasteiger partial charge on any atom is -0.375 e. The number of carbonyl (C=O) groups excluding carboxylic acids is 2. The van der Waals surface area contributed by atoms with Gasteiger partial charge in [0.1, 0.15) is 6.10 Å². The first-order valence-electron chi connectivity index (χ1n) is 8.38. The van der Waals surface area contributed by atoms with Gasteiger partial charge in [-0.15, -0.1) is 0 Å². The number of hydrogen-bond acceptors (Lipinski definition) is 3. The highest BCUT2D eigenvalue weighted by atomic mass is 35.5. The molecule has 26 heavy (non-hydrogen) atoms. The van der Waals surface area contributed by atoms with Crippen LogP contribution in [0.15, 0.2) is 48.5 Å². The molecule has 0 saturated carbocycles. The third kappa shape index (κ3) is 5.31. The van der Waals surface area contributed by atoms with E-state index in [-0.39, 0.29) is 6.54 Å². The van der Waals surface area contributed by atoms with Crippen LogP contribution >= 0.6 is 11.6 Å². The van der Waals surface area contributed by atoms with Crippen molar-refractivity contribution in [3.05, 3.63) is 64.7 Å². The predicted molar refractivity (Wildman–Crippen MR) is 103 cm³/mol. The van der Waals surface area contributed by atoms with Crippen LogP contribution in [0.1, 0.15) is 37.0 Å². The van der Waals surface area contributed by atoms with E-state index in [4.69, 9.17) is 16.3 Å². The zero-order valence-corrected chi connectivity index (χ0v) is 15.8. The lowest BCUT2D eigenvalue weighted by atomic mass is 10.0. The molecule has 2 rings (SSSR count). The number of anilines is 1. The van der Waals surface area contributed by atoms with Crippen LogP contribution in [0, 0.1) is 0 Å². The van der Waals surface area contributed by atoms with Crippen LogP contribution in [0.25, 0.3) is 0 Å². The van der Waals surface area contributed by atoms with Crippen molar-refractivity contribution in [3.8, 4) is 0 Å². The van der Waals surface area contributed by atoms with Crippen molar-refractivity contribution < 1.29 is 14.3 Å². The molecule has 2 N–H and O–H groups in total. The van der Waals surface area contributed by atoms with Gasteiger partial charge < -0.3 is 15.4 Å². The van der Waals surface area contributed by atoms with E-state index in [0.29, 0.717) is 16.6 Å². The van der Waals surface area contributed by atoms with Crippen LogP contribution in [-0.4, -0.2) is 25.5 Å². The Bertz CT molecular complexity index is 760. The largest absolute Gasteiger partial charge is 0.375 e. The number of amides is 2. The van der Waals surface area contributed by atoms with Crippen molar-refractivity contribution in [1.82, 2.24) is 5.32 Å². The molecule has 2 amide bonds. The van der Waals surface area contributed by atoms with Crippen LogP contribution in [0.4, 0.5) is 5.69 Å². The Morgan fingerprint density at radius 1 is 1.04 bits per heavy atom. The monoisotopic (exact) mass is 374 g/mol. The Morgan fingerprint density at radius 2 is 1.69 bits per heavy atom. The van der Waals surface area contributed by atoms with Crippen LogP contribution < -0.4 is 10.6 Å². The summed E-state index contributed by atoms with van der Waals surface area (Å²) < 4.78 is 5.37. The standard InChI is InChI=1S/C20H23ClN2O3/c1-13(2)14-8-10-15(11-9-14)23-20(25)19(24)22-12-18(26-3)16-6-4-5-7-17(16)21/h4-11,13,18H,12H2,1-3H3,(H,22,24)(H,23,25). The second kappa shape index (κ2) is 9.36. The van der Waals surface area contributed by atoms with Gasteiger partial charge in [-0.25, -0.2) is 0 Å². The van der Waals surface area contributed by atoms with Gasteiger partial charge in [0.2, 0.25) is 0 Å². The van der Waals surface area contributed by atoms with Crippen molar-refractivity contribution in [2.24, 2.45) is 0 Å². The molecule has 0 spiro atoms. The molecule has 6 heteroatoms. The molecule has 0 aromatic heterocycles. The van der Waals surface area contributed by atoms with Gasteiger partial charge >= 0.3 is 11.8 Å². The molecular formula is C20H23ClN2O3. The Hall–Kier alpha value is -2.37. The number of methoxy groups -OCH3 is 1. The molecule has 138 valence electrons. The summed E-state index contributed by atoms with van der Waals surface area (Å²) in [6, 6.07) is 14.6. The highest BCUT2D eigenvalue weighted by molar-refractivity contribution is 6.39. The van der Waals surface area contributed by atoms with E-state index in [9.17, 15) is 9.59 Å². The molecule has 0 bridgehead atoms. The smallest absolute Gasteiger partial charge is 0.313 e. The van der Waals surface area contributed by atoms with Crippen molar-refractivity contribution in [3.63, 3.8) is 0 Å². The Labute approximate surface area is 158 Å². The fourth-order valence-corrected chi connectivity index (χ4v) is 2.72. The lowest BCUT2D eigenvalue weighted by Crippen LogP contribution is -2.38. The van der Waals surface area contributed by atoms with Gasteiger partial charge in [-0.1, -0.05) is 55.8 Å². The summed E-state index contributed by atoms with van der Waals surface area (Å²) in [5.41, 5.74) is 2.49. The quantitative estimate of drug-likeness (QED) is 0.753. The molecule has 0 heterocycles. The van der Waals surface area contributed by atoms with Crippen molar-refractivity contribution in [2.45, 2.75) is 25.9 Å². The Kier molecular flexibility index (Phi) is 7.18. The van der Waals surface area contributed by atoms with E-state index in [1.54, 1.807) is 18.2 Å². The zero-order valence-electron chi connectivity index (χ0n) is 15.1. The van der Waals surface area contributed by atoms with Gasteiger partial charge in [-0.3, -0.25) is 9.59 Å². The minimum atomic E-state index is -0.730.